The van der Waals surface area contributed by atoms with Gasteiger partial charge >= 0.3 is 0 Å². The standard InChI is InChI=1S/C12H20OS/c1-8(2)5-6-12(13)11-7-9(3)14-10(11)4/h7-8,12-13H,5-6H2,1-4H3. The van der Waals surface area contributed by atoms with Crippen LogP contribution in [0.25, 0.3) is 0 Å². The summed E-state index contributed by atoms with van der Waals surface area (Å²) in [6.45, 7) is 8.57. The van der Waals surface area contributed by atoms with Crippen molar-refractivity contribution < 1.29 is 5.11 Å². The van der Waals surface area contributed by atoms with Crippen LogP contribution in [0.15, 0.2) is 6.07 Å². The minimum Gasteiger partial charge on any atom is -0.388 e. The predicted molar refractivity (Wildman–Crippen MR) is 62.8 cm³/mol. The summed E-state index contributed by atoms with van der Waals surface area (Å²) >= 11 is 1.77. The fraction of sp³-hybridized carbons (Fsp3) is 0.667. The Morgan fingerprint density at radius 1 is 1.29 bits per heavy atom. The van der Waals surface area contributed by atoms with Crippen molar-refractivity contribution in [1.29, 1.82) is 0 Å². The van der Waals surface area contributed by atoms with Gasteiger partial charge in [0.1, 0.15) is 0 Å². The topological polar surface area (TPSA) is 20.2 Å². The molecule has 0 fully saturated rings. The summed E-state index contributed by atoms with van der Waals surface area (Å²) in [6, 6.07) is 2.12. The summed E-state index contributed by atoms with van der Waals surface area (Å²) < 4.78 is 0. The molecule has 0 saturated carbocycles. The van der Waals surface area contributed by atoms with Gasteiger partial charge in [-0.25, -0.2) is 0 Å². The van der Waals surface area contributed by atoms with Gasteiger partial charge in [-0.05, 0) is 44.2 Å². The third-order valence-electron chi connectivity index (χ3n) is 2.46. The molecule has 0 amide bonds. The van der Waals surface area contributed by atoms with Crippen LogP contribution < -0.4 is 0 Å². The van der Waals surface area contributed by atoms with E-state index in [9.17, 15) is 5.11 Å². The Kier molecular flexibility index (Phi) is 4.14. The lowest BCUT2D eigenvalue weighted by Gasteiger charge is -2.11. The lowest BCUT2D eigenvalue weighted by atomic mass is 10.0. The normalized spacial score (nSPS) is 13.6. The van der Waals surface area contributed by atoms with Crippen LogP contribution in [0.5, 0.6) is 0 Å². The molecule has 0 aromatic carbocycles. The van der Waals surface area contributed by atoms with Gasteiger partial charge in [0.15, 0.2) is 0 Å². The van der Waals surface area contributed by atoms with E-state index in [-0.39, 0.29) is 6.10 Å². The third-order valence-corrected chi connectivity index (χ3v) is 3.44. The van der Waals surface area contributed by atoms with Gasteiger partial charge in [0, 0.05) is 9.75 Å². The van der Waals surface area contributed by atoms with Gasteiger partial charge in [0.2, 0.25) is 0 Å². The molecule has 0 radical (unpaired) electrons. The minimum atomic E-state index is -0.262. The van der Waals surface area contributed by atoms with Crippen molar-refractivity contribution in [2.45, 2.75) is 46.6 Å². The van der Waals surface area contributed by atoms with Crippen molar-refractivity contribution in [1.82, 2.24) is 0 Å². The molecule has 0 spiro atoms. The SMILES string of the molecule is Cc1cc(C(O)CCC(C)C)c(C)s1. The van der Waals surface area contributed by atoms with Gasteiger partial charge in [-0.15, -0.1) is 11.3 Å². The molecule has 1 heterocycles. The van der Waals surface area contributed by atoms with Crippen molar-refractivity contribution in [3.63, 3.8) is 0 Å². The minimum absolute atomic E-state index is 0.262. The molecule has 1 aromatic heterocycles. The summed E-state index contributed by atoms with van der Waals surface area (Å²) in [7, 11) is 0. The Balaban J connectivity index is 2.60. The van der Waals surface area contributed by atoms with E-state index in [2.05, 4.69) is 33.8 Å². The number of rotatable bonds is 4. The molecule has 80 valence electrons. The highest BCUT2D eigenvalue weighted by molar-refractivity contribution is 7.12. The van der Waals surface area contributed by atoms with Gasteiger partial charge in [0.25, 0.3) is 0 Å². The van der Waals surface area contributed by atoms with Crippen LogP contribution in [0.4, 0.5) is 0 Å². The zero-order chi connectivity index (χ0) is 10.7. The van der Waals surface area contributed by atoms with Crippen molar-refractivity contribution in [2.75, 3.05) is 0 Å². The second-order valence-corrected chi connectivity index (χ2v) is 5.82. The molecule has 1 nitrogen and oxygen atoms in total. The summed E-state index contributed by atoms with van der Waals surface area (Å²) in [4.78, 5) is 2.56. The fourth-order valence-electron chi connectivity index (χ4n) is 1.63. The second-order valence-electron chi connectivity index (χ2n) is 4.36. The van der Waals surface area contributed by atoms with Crippen molar-refractivity contribution in [3.8, 4) is 0 Å². The molecule has 0 bridgehead atoms. The highest BCUT2D eigenvalue weighted by Crippen LogP contribution is 2.29. The van der Waals surface area contributed by atoms with E-state index in [4.69, 9.17) is 0 Å². The van der Waals surface area contributed by atoms with E-state index in [1.165, 1.54) is 9.75 Å². The van der Waals surface area contributed by atoms with E-state index in [1.54, 1.807) is 11.3 Å². The maximum Gasteiger partial charge on any atom is 0.0800 e. The van der Waals surface area contributed by atoms with Gasteiger partial charge in [0.05, 0.1) is 6.10 Å². The highest BCUT2D eigenvalue weighted by Gasteiger charge is 2.13. The van der Waals surface area contributed by atoms with E-state index in [1.807, 2.05) is 0 Å². The van der Waals surface area contributed by atoms with E-state index in [0.29, 0.717) is 5.92 Å². The highest BCUT2D eigenvalue weighted by atomic mass is 32.1. The number of aliphatic hydroxyl groups excluding tert-OH is 1. The molecule has 1 N–H and O–H groups in total. The largest absolute Gasteiger partial charge is 0.388 e. The number of thiophene rings is 1. The van der Waals surface area contributed by atoms with Crippen LogP contribution in [0, 0.1) is 19.8 Å². The smallest absolute Gasteiger partial charge is 0.0800 e. The van der Waals surface area contributed by atoms with Gasteiger partial charge in [-0.1, -0.05) is 13.8 Å². The molecular formula is C12H20OS. The molecule has 2 heteroatoms. The maximum absolute atomic E-state index is 9.97. The van der Waals surface area contributed by atoms with Gasteiger partial charge < -0.3 is 5.11 Å². The van der Waals surface area contributed by atoms with Crippen LogP contribution in [-0.4, -0.2) is 5.11 Å². The van der Waals surface area contributed by atoms with Gasteiger partial charge in [-0.3, -0.25) is 0 Å². The molecular weight excluding hydrogens is 192 g/mol. The lowest BCUT2D eigenvalue weighted by molar-refractivity contribution is 0.159. The Morgan fingerprint density at radius 2 is 1.93 bits per heavy atom. The molecule has 1 atom stereocenters. The monoisotopic (exact) mass is 212 g/mol. The zero-order valence-electron chi connectivity index (χ0n) is 9.50. The predicted octanol–water partition coefficient (Wildman–Crippen LogP) is 3.83. The fourth-order valence-corrected chi connectivity index (χ4v) is 2.61. The molecule has 1 unspecified atom stereocenters. The first kappa shape index (κ1) is 11.7. The van der Waals surface area contributed by atoms with E-state index in [0.717, 1.165) is 18.4 Å². The van der Waals surface area contributed by atoms with Crippen molar-refractivity contribution in [3.05, 3.63) is 21.4 Å². The molecule has 0 aliphatic carbocycles. The zero-order valence-corrected chi connectivity index (χ0v) is 10.3. The lowest BCUT2D eigenvalue weighted by Crippen LogP contribution is -1.99. The van der Waals surface area contributed by atoms with Crippen molar-refractivity contribution >= 4 is 11.3 Å². The van der Waals surface area contributed by atoms with Crippen LogP contribution in [0.2, 0.25) is 0 Å². The van der Waals surface area contributed by atoms with Crippen molar-refractivity contribution in [2.24, 2.45) is 5.92 Å². The summed E-state index contributed by atoms with van der Waals surface area (Å²) in [6.07, 6.45) is 1.71. The Labute approximate surface area is 90.8 Å². The van der Waals surface area contributed by atoms with Crippen LogP contribution in [0.1, 0.15) is 48.1 Å². The van der Waals surface area contributed by atoms with Crippen LogP contribution in [-0.2, 0) is 0 Å². The number of hydrogen-bond donors (Lipinski definition) is 1. The van der Waals surface area contributed by atoms with E-state index >= 15 is 0 Å². The summed E-state index contributed by atoms with van der Waals surface area (Å²) in [5, 5.41) is 9.97. The first-order valence-electron chi connectivity index (χ1n) is 5.25. The molecule has 14 heavy (non-hydrogen) atoms. The second kappa shape index (κ2) is 4.94. The third kappa shape index (κ3) is 3.10. The average molecular weight is 212 g/mol. The number of aryl methyl sites for hydroxylation is 2. The van der Waals surface area contributed by atoms with Gasteiger partial charge in [-0.2, -0.15) is 0 Å². The van der Waals surface area contributed by atoms with E-state index < -0.39 is 0 Å². The maximum atomic E-state index is 9.97. The molecule has 0 aliphatic heterocycles. The molecule has 0 aliphatic rings. The Morgan fingerprint density at radius 3 is 2.36 bits per heavy atom. The summed E-state index contributed by atoms with van der Waals surface area (Å²) in [5.74, 6) is 0.671. The molecule has 1 aromatic rings. The quantitative estimate of drug-likeness (QED) is 0.804. The summed E-state index contributed by atoms with van der Waals surface area (Å²) in [5.41, 5.74) is 1.13. The Bertz CT molecular complexity index is 289. The number of hydrogen-bond acceptors (Lipinski definition) is 2. The van der Waals surface area contributed by atoms with Crippen LogP contribution in [0.3, 0.4) is 0 Å². The first-order chi connectivity index (χ1) is 6.50. The number of aliphatic hydroxyl groups is 1. The van der Waals surface area contributed by atoms with Crippen LogP contribution >= 0.6 is 11.3 Å². The molecule has 1 rings (SSSR count). The first-order valence-corrected chi connectivity index (χ1v) is 6.07. The molecule has 0 saturated heterocycles. The Hall–Kier alpha value is -0.340. The average Bonchev–Trinajstić information content (AvgIpc) is 2.41.